The second kappa shape index (κ2) is 8.97. The first kappa shape index (κ1) is 11.9. The van der Waals surface area contributed by atoms with Crippen molar-refractivity contribution in [2.24, 2.45) is 0 Å². The lowest BCUT2D eigenvalue weighted by molar-refractivity contribution is 0.169. The molecule has 0 fully saturated rings. The molecule has 0 saturated heterocycles. The van der Waals surface area contributed by atoms with Crippen molar-refractivity contribution in [3.63, 3.8) is 0 Å². The summed E-state index contributed by atoms with van der Waals surface area (Å²) in [7, 11) is 0. The Kier molecular flexibility index (Phi) is 8.88. The summed E-state index contributed by atoms with van der Waals surface area (Å²) >= 11 is 0. The second-order valence-electron chi connectivity index (χ2n) is 3.02. The van der Waals surface area contributed by atoms with Gasteiger partial charge in [0.15, 0.2) is 0 Å². The fraction of sp³-hybridized carbons (Fsp3) is 1.00. The van der Waals surface area contributed by atoms with E-state index in [2.05, 4.69) is 17.6 Å². The van der Waals surface area contributed by atoms with Gasteiger partial charge in [0.05, 0.1) is 6.10 Å². The van der Waals surface area contributed by atoms with Gasteiger partial charge in [0.2, 0.25) is 0 Å². The fourth-order valence-electron chi connectivity index (χ4n) is 0.954. The van der Waals surface area contributed by atoms with Gasteiger partial charge in [0, 0.05) is 13.1 Å². The topological polar surface area (TPSA) is 44.3 Å². The fourth-order valence-corrected chi connectivity index (χ4v) is 0.954. The number of unbranched alkanes of at least 4 members (excludes halogenated alkanes) is 1. The van der Waals surface area contributed by atoms with Gasteiger partial charge in [-0.3, -0.25) is 0 Å². The molecule has 0 amide bonds. The average Bonchev–Trinajstić information content (AvgIpc) is 2.09. The Morgan fingerprint density at radius 2 is 1.83 bits per heavy atom. The molecular weight excluding hydrogens is 152 g/mol. The average molecular weight is 174 g/mol. The highest BCUT2D eigenvalue weighted by Crippen LogP contribution is 1.83. The van der Waals surface area contributed by atoms with Gasteiger partial charge in [0.25, 0.3) is 0 Å². The zero-order valence-electron chi connectivity index (χ0n) is 8.27. The van der Waals surface area contributed by atoms with Gasteiger partial charge in [-0.05, 0) is 19.5 Å². The first-order chi connectivity index (χ1) is 5.81. The maximum Gasteiger partial charge on any atom is 0.0788 e. The standard InChI is InChI=1S/C9H22N2O/c1-3-5-6-11-8-9(12)7-10-4-2/h9-12H,3-8H2,1-2H3/t9-/m0/s1. The summed E-state index contributed by atoms with van der Waals surface area (Å²) in [6, 6.07) is 0. The molecule has 0 aromatic heterocycles. The third kappa shape index (κ3) is 7.98. The molecule has 0 aromatic rings. The maximum atomic E-state index is 9.35. The summed E-state index contributed by atoms with van der Waals surface area (Å²) in [5.74, 6) is 0. The normalized spacial score (nSPS) is 13.2. The van der Waals surface area contributed by atoms with E-state index in [1.54, 1.807) is 0 Å². The lowest BCUT2D eigenvalue weighted by Crippen LogP contribution is -2.35. The van der Waals surface area contributed by atoms with Crippen LogP contribution in [0, 0.1) is 0 Å². The molecular formula is C9H22N2O. The number of likely N-dealkylation sites (N-methyl/N-ethyl adjacent to an activating group) is 1. The first-order valence-electron chi connectivity index (χ1n) is 4.90. The molecule has 0 radical (unpaired) electrons. The number of aliphatic hydroxyl groups is 1. The zero-order valence-corrected chi connectivity index (χ0v) is 8.27. The van der Waals surface area contributed by atoms with Crippen molar-refractivity contribution < 1.29 is 5.11 Å². The summed E-state index contributed by atoms with van der Waals surface area (Å²) in [5, 5.41) is 15.7. The van der Waals surface area contributed by atoms with E-state index in [0.29, 0.717) is 13.1 Å². The van der Waals surface area contributed by atoms with Crippen LogP contribution in [0.25, 0.3) is 0 Å². The molecule has 3 nitrogen and oxygen atoms in total. The second-order valence-corrected chi connectivity index (χ2v) is 3.02. The van der Waals surface area contributed by atoms with Gasteiger partial charge in [-0.1, -0.05) is 20.3 Å². The summed E-state index contributed by atoms with van der Waals surface area (Å²) in [5.41, 5.74) is 0. The summed E-state index contributed by atoms with van der Waals surface area (Å²) in [6.45, 7) is 7.53. The van der Waals surface area contributed by atoms with Crippen LogP contribution in [0.3, 0.4) is 0 Å². The monoisotopic (exact) mass is 174 g/mol. The van der Waals surface area contributed by atoms with Crippen LogP contribution < -0.4 is 10.6 Å². The number of rotatable bonds is 8. The van der Waals surface area contributed by atoms with Gasteiger partial charge in [0.1, 0.15) is 0 Å². The van der Waals surface area contributed by atoms with E-state index < -0.39 is 0 Å². The van der Waals surface area contributed by atoms with Crippen molar-refractivity contribution in [3.05, 3.63) is 0 Å². The third-order valence-electron chi connectivity index (χ3n) is 1.72. The Morgan fingerprint density at radius 3 is 2.42 bits per heavy atom. The van der Waals surface area contributed by atoms with E-state index in [1.165, 1.54) is 12.8 Å². The Balaban J connectivity index is 3.02. The quantitative estimate of drug-likeness (QED) is 0.465. The molecule has 12 heavy (non-hydrogen) atoms. The molecule has 0 spiro atoms. The molecule has 74 valence electrons. The third-order valence-corrected chi connectivity index (χ3v) is 1.72. The molecule has 0 bridgehead atoms. The van der Waals surface area contributed by atoms with Crippen LogP contribution in [-0.2, 0) is 0 Å². The Labute approximate surface area is 75.6 Å². The van der Waals surface area contributed by atoms with E-state index in [1.807, 2.05) is 6.92 Å². The Bertz CT molecular complexity index is 88.6. The zero-order chi connectivity index (χ0) is 9.23. The number of hydrogen-bond acceptors (Lipinski definition) is 3. The molecule has 0 unspecified atom stereocenters. The predicted molar refractivity (Wildman–Crippen MR) is 52.3 cm³/mol. The molecule has 0 aromatic carbocycles. The van der Waals surface area contributed by atoms with Crippen molar-refractivity contribution in [2.75, 3.05) is 26.2 Å². The maximum absolute atomic E-state index is 9.35. The molecule has 0 saturated carbocycles. The number of hydrogen-bond donors (Lipinski definition) is 3. The molecule has 0 aliphatic carbocycles. The van der Waals surface area contributed by atoms with Crippen LogP contribution in [-0.4, -0.2) is 37.4 Å². The van der Waals surface area contributed by atoms with E-state index in [0.717, 1.165) is 13.1 Å². The summed E-state index contributed by atoms with van der Waals surface area (Å²) in [6.07, 6.45) is 2.14. The lowest BCUT2D eigenvalue weighted by Gasteiger charge is -2.11. The highest BCUT2D eigenvalue weighted by Gasteiger charge is 2.00. The van der Waals surface area contributed by atoms with Crippen molar-refractivity contribution in [3.8, 4) is 0 Å². The van der Waals surface area contributed by atoms with E-state index >= 15 is 0 Å². The molecule has 1 atom stereocenters. The van der Waals surface area contributed by atoms with Gasteiger partial charge in [-0.25, -0.2) is 0 Å². The van der Waals surface area contributed by atoms with Crippen molar-refractivity contribution in [2.45, 2.75) is 32.8 Å². The summed E-state index contributed by atoms with van der Waals surface area (Å²) in [4.78, 5) is 0. The molecule has 3 N–H and O–H groups in total. The lowest BCUT2D eigenvalue weighted by atomic mass is 10.3. The Hall–Kier alpha value is -0.120. The molecule has 3 heteroatoms. The SMILES string of the molecule is CCCCNC[C@@H](O)CNCC. The van der Waals surface area contributed by atoms with Gasteiger partial charge < -0.3 is 15.7 Å². The molecule has 0 rings (SSSR count). The smallest absolute Gasteiger partial charge is 0.0788 e. The van der Waals surface area contributed by atoms with E-state index in [-0.39, 0.29) is 6.10 Å². The molecule has 0 aliphatic rings. The van der Waals surface area contributed by atoms with Gasteiger partial charge in [-0.15, -0.1) is 0 Å². The summed E-state index contributed by atoms with van der Waals surface area (Å²) < 4.78 is 0. The van der Waals surface area contributed by atoms with Crippen LogP contribution in [0.5, 0.6) is 0 Å². The van der Waals surface area contributed by atoms with Crippen molar-refractivity contribution in [1.82, 2.24) is 10.6 Å². The molecule has 0 aliphatic heterocycles. The largest absolute Gasteiger partial charge is 0.390 e. The highest BCUT2D eigenvalue weighted by molar-refractivity contribution is 4.61. The first-order valence-corrected chi connectivity index (χ1v) is 4.90. The minimum absolute atomic E-state index is 0.248. The van der Waals surface area contributed by atoms with Crippen molar-refractivity contribution >= 4 is 0 Å². The van der Waals surface area contributed by atoms with Gasteiger partial charge >= 0.3 is 0 Å². The number of nitrogens with one attached hydrogen (secondary N) is 2. The van der Waals surface area contributed by atoms with Crippen molar-refractivity contribution in [1.29, 1.82) is 0 Å². The van der Waals surface area contributed by atoms with Crippen LogP contribution in [0.15, 0.2) is 0 Å². The minimum atomic E-state index is -0.248. The van der Waals surface area contributed by atoms with Crippen LogP contribution >= 0.6 is 0 Å². The minimum Gasteiger partial charge on any atom is -0.390 e. The van der Waals surface area contributed by atoms with Crippen LogP contribution in [0.1, 0.15) is 26.7 Å². The Morgan fingerprint density at radius 1 is 1.17 bits per heavy atom. The molecule has 0 heterocycles. The van der Waals surface area contributed by atoms with Gasteiger partial charge in [-0.2, -0.15) is 0 Å². The number of aliphatic hydroxyl groups excluding tert-OH is 1. The van der Waals surface area contributed by atoms with Crippen LogP contribution in [0.2, 0.25) is 0 Å². The van der Waals surface area contributed by atoms with E-state index in [4.69, 9.17) is 0 Å². The highest BCUT2D eigenvalue weighted by atomic mass is 16.3. The van der Waals surface area contributed by atoms with E-state index in [9.17, 15) is 5.11 Å². The predicted octanol–water partition coefficient (Wildman–Crippen LogP) is 0.346. The van der Waals surface area contributed by atoms with Crippen LogP contribution in [0.4, 0.5) is 0 Å².